The van der Waals surface area contributed by atoms with E-state index in [-0.39, 0.29) is 0 Å². The van der Waals surface area contributed by atoms with Gasteiger partial charge in [0, 0.05) is 19.4 Å². The standard InChI is InChI=1S/C21H26N2/c1-15(2)17-9-6-10-18(16(3)4)21(17)23-14-8-12-20(23)19-11-7-13-22(19)5/h6-16H,1-5H3. The first-order valence-corrected chi connectivity index (χ1v) is 8.43. The van der Waals surface area contributed by atoms with Gasteiger partial charge in [0.25, 0.3) is 0 Å². The summed E-state index contributed by atoms with van der Waals surface area (Å²) in [6.45, 7) is 9.09. The van der Waals surface area contributed by atoms with E-state index >= 15 is 0 Å². The van der Waals surface area contributed by atoms with Crippen molar-refractivity contribution >= 4 is 0 Å². The largest absolute Gasteiger partial charge is 0.349 e. The molecule has 0 spiro atoms. The van der Waals surface area contributed by atoms with E-state index in [1.165, 1.54) is 28.2 Å². The maximum atomic E-state index is 2.36. The third kappa shape index (κ3) is 2.74. The van der Waals surface area contributed by atoms with Gasteiger partial charge in [0.2, 0.25) is 0 Å². The molecule has 0 unspecified atom stereocenters. The van der Waals surface area contributed by atoms with Gasteiger partial charge in [-0.1, -0.05) is 45.9 Å². The van der Waals surface area contributed by atoms with E-state index in [2.05, 4.69) is 98.7 Å². The molecule has 0 radical (unpaired) electrons. The van der Waals surface area contributed by atoms with Crippen LogP contribution in [0.5, 0.6) is 0 Å². The normalized spacial score (nSPS) is 11.6. The van der Waals surface area contributed by atoms with E-state index < -0.39 is 0 Å². The van der Waals surface area contributed by atoms with Crippen molar-refractivity contribution in [2.45, 2.75) is 39.5 Å². The van der Waals surface area contributed by atoms with Crippen molar-refractivity contribution in [2.75, 3.05) is 0 Å². The highest BCUT2D eigenvalue weighted by atomic mass is 15.0. The third-order valence-corrected chi connectivity index (χ3v) is 4.54. The summed E-state index contributed by atoms with van der Waals surface area (Å²) >= 11 is 0. The number of aromatic nitrogens is 2. The Hall–Kier alpha value is -2.22. The Morgan fingerprint density at radius 1 is 0.696 bits per heavy atom. The van der Waals surface area contributed by atoms with Crippen LogP contribution in [0.1, 0.15) is 50.7 Å². The molecule has 2 aromatic heterocycles. The van der Waals surface area contributed by atoms with Crippen LogP contribution >= 0.6 is 0 Å². The predicted molar refractivity (Wildman–Crippen MR) is 98.4 cm³/mol. The fourth-order valence-electron chi connectivity index (χ4n) is 3.30. The fourth-order valence-corrected chi connectivity index (χ4v) is 3.30. The molecule has 2 nitrogen and oxygen atoms in total. The summed E-state index contributed by atoms with van der Waals surface area (Å²) in [5.41, 5.74) is 6.64. The highest BCUT2D eigenvalue weighted by Gasteiger charge is 2.18. The van der Waals surface area contributed by atoms with Gasteiger partial charge in [-0.2, -0.15) is 0 Å². The zero-order valence-corrected chi connectivity index (χ0v) is 14.7. The lowest BCUT2D eigenvalue weighted by molar-refractivity contribution is 0.805. The molecule has 0 aliphatic rings. The highest BCUT2D eigenvalue weighted by Crippen LogP contribution is 2.34. The highest BCUT2D eigenvalue weighted by molar-refractivity contribution is 5.63. The monoisotopic (exact) mass is 306 g/mol. The summed E-state index contributed by atoms with van der Waals surface area (Å²) < 4.78 is 4.54. The van der Waals surface area contributed by atoms with Crippen molar-refractivity contribution < 1.29 is 0 Å². The molecule has 3 rings (SSSR count). The average Bonchev–Trinajstić information content (AvgIpc) is 3.14. The third-order valence-electron chi connectivity index (χ3n) is 4.54. The maximum absolute atomic E-state index is 2.36. The Kier molecular flexibility index (Phi) is 4.16. The van der Waals surface area contributed by atoms with Gasteiger partial charge in [-0.05, 0) is 47.2 Å². The molecule has 0 N–H and O–H groups in total. The molecular formula is C21H26N2. The quantitative estimate of drug-likeness (QED) is 0.582. The summed E-state index contributed by atoms with van der Waals surface area (Å²) in [4.78, 5) is 0. The molecule has 0 aliphatic heterocycles. The van der Waals surface area contributed by atoms with Crippen molar-refractivity contribution in [1.82, 2.24) is 9.13 Å². The first-order chi connectivity index (χ1) is 11.0. The SMILES string of the molecule is CC(C)c1cccc(C(C)C)c1-n1cccc1-c1cccn1C. The van der Waals surface area contributed by atoms with E-state index in [0.29, 0.717) is 11.8 Å². The number of benzene rings is 1. The molecule has 0 atom stereocenters. The van der Waals surface area contributed by atoms with Crippen molar-refractivity contribution in [3.63, 3.8) is 0 Å². The summed E-state index contributed by atoms with van der Waals surface area (Å²) in [7, 11) is 2.10. The zero-order valence-electron chi connectivity index (χ0n) is 14.7. The van der Waals surface area contributed by atoms with Crippen LogP contribution in [0, 0.1) is 0 Å². The molecule has 0 bridgehead atoms. The maximum Gasteiger partial charge on any atom is 0.0693 e. The van der Waals surface area contributed by atoms with Gasteiger partial charge in [0.1, 0.15) is 0 Å². The second kappa shape index (κ2) is 6.11. The molecular weight excluding hydrogens is 280 g/mol. The Labute approximate surface area is 139 Å². The summed E-state index contributed by atoms with van der Waals surface area (Å²) in [5, 5.41) is 0. The van der Waals surface area contributed by atoms with Crippen molar-refractivity contribution in [1.29, 1.82) is 0 Å². The van der Waals surface area contributed by atoms with E-state index in [4.69, 9.17) is 0 Å². The Morgan fingerprint density at radius 2 is 1.26 bits per heavy atom. The van der Waals surface area contributed by atoms with Crippen LogP contribution in [0.2, 0.25) is 0 Å². The second-order valence-corrected chi connectivity index (χ2v) is 6.86. The lowest BCUT2D eigenvalue weighted by Gasteiger charge is -2.22. The molecule has 0 amide bonds. The second-order valence-electron chi connectivity index (χ2n) is 6.86. The molecule has 23 heavy (non-hydrogen) atoms. The number of para-hydroxylation sites is 1. The molecule has 0 fully saturated rings. The van der Waals surface area contributed by atoms with Crippen molar-refractivity contribution in [2.24, 2.45) is 7.05 Å². The van der Waals surface area contributed by atoms with E-state index in [1.807, 2.05) is 0 Å². The van der Waals surface area contributed by atoms with Gasteiger partial charge in [0.05, 0.1) is 17.1 Å². The van der Waals surface area contributed by atoms with E-state index in [1.54, 1.807) is 0 Å². The molecule has 0 saturated carbocycles. The Bertz CT molecular complexity index is 777. The average molecular weight is 306 g/mol. The van der Waals surface area contributed by atoms with Crippen LogP contribution in [-0.4, -0.2) is 9.13 Å². The van der Waals surface area contributed by atoms with Gasteiger partial charge < -0.3 is 9.13 Å². The van der Waals surface area contributed by atoms with E-state index in [0.717, 1.165) is 0 Å². The van der Waals surface area contributed by atoms with Crippen molar-refractivity contribution in [3.05, 3.63) is 66.0 Å². The molecule has 2 heterocycles. The number of nitrogens with zero attached hydrogens (tertiary/aromatic N) is 2. The Morgan fingerprint density at radius 3 is 1.78 bits per heavy atom. The number of hydrogen-bond donors (Lipinski definition) is 0. The van der Waals surface area contributed by atoms with E-state index in [9.17, 15) is 0 Å². The van der Waals surface area contributed by atoms with Crippen LogP contribution in [0.15, 0.2) is 54.9 Å². The van der Waals surface area contributed by atoms with Gasteiger partial charge >= 0.3 is 0 Å². The fraction of sp³-hybridized carbons (Fsp3) is 0.333. The van der Waals surface area contributed by atoms with Gasteiger partial charge in [-0.3, -0.25) is 0 Å². The van der Waals surface area contributed by atoms with Crippen molar-refractivity contribution in [3.8, 4) is 17.1 Å². The van der Waals surface area contributed by atoms with Crippen LogP contribution < -0.4 is 0 Å². The van der Waals surface area contributed by atoms with Crippen LogP contribution in [0.3, 0.4) is 0 Å². The number of rotatable bonds is 4. The first-order valence-electron chi connectivity index (χ1n) is 8.43. The minimum Gasteiger partial charge on any atom is -0.349 e. The lowest BCUT2D eigenvalue weighted by Crippen LogP contribution is -2.08. The number of aryl methyl sites for hydroxylation is 1. The molecule has 0 aliphatic carbocycles. The lowest BCUT2D eigenvalue weighted by atomic mass is 9.92. The van der Waals surface area contributed by atoms with Crippen LogP contribution in [0.4, 0.5) is 0 Å². The summed E-state index contributed by atoms with van der Waals surface area (Å²) in [5.74, 6) is 0.986. The molecule has 0 saturated heterocycles. The molecule has 120 valence electrons. The van der Waals surface area contributed by atoms with Crippen LogP contribution in [0.25, 0.3) is 17.1 Å². The number of hydrogen-bond acceptors (Lipinski definition) is 0. The first kappa shape index (κ1) is 15.7. The molecule has 3 aromatic rings. The predicted octanol–water partition coefficient (Wildman–Crippen LogP) is 5.73. The van der Waals surface area contributed by atoms with Crippen LogP contribution in [-0.2, 0) is 7.05 Å². The van der Waals surface area contributed by atoms with Gasteiger partial charge in [0.15, 0.2) is 0 Å². The molecule has 2 heteroatoms. The summed E-state index contributed by atoms with van der Waals surface area (Å²) in [6.07, 6.45) is 4.29. The topological polar surface area (TPSA) is 9.86 Å². The summed E-state index contributed by atoms with van der Waals surface area (Å²) in [6, 6.07) is 15.4. The van der Waals surface area contributed by atoms with Gasteiger partial charge in [-0.15, -0.1) is 0 Å². The molecule has 1 aromatic carbocycles. The Balaban J connectivity index is 2.28. The van der Waals surface area contributed by atoms with Gasteiger partial charge in [-0.25, -0.2) is 0 Å². The minimum atomic E-state index is 0.493. The minimum absolute atomic E-state index is 0.493. The zero-order chi connectivity index (χ0) is 16.6. The smallest absolute Gasteiger partial charge is 0.0693 e.